The van der Waals surface area contributed by atoms with E-state index in [2.05, 4.69) is 20.2 Å². The van der Waals surface area contributed by atoms with Crippen LogP contribution in [0.1, 0.15) is 29.0 Å². The lowest BCUT2D eigenvalue weighted by Gasteiger charge is -2.34. The molecule has 144 valence electrons. The molecule has 2 aliphatic rings. The zero-order valence-corrected chi connectivity index (χ0v) is 15.5. The van der Waals surface area contributed by atoms with Gasteiger partial charge in [0.1, 0.15) is 11.5 Å². The van der Waals surface area contributed by atoms with Crippen molar-refractivity contribution in [2.45, 2.75) is 31.8 Å². The Balaban J connectivity index is 1.55. The maximum absolute atomic E-state index is 15.2. The van der Waals surface area contributed by atoms with Crippen molar-refractivity contribution in [1.82, 2.24) is 19.7 Å². The van der Waals surface area contributed by atoms with E-state index in [1.807, 2.05) is 13.0 Å². The summed E-state index contributed by atoms with van der Waals surface area (Å²) in [6.07, 6.45) is 5.34. The molecule has 2 fully saturated rings. The number of piperazine rings is 1. The average molecular weight is 380 g/mol. The predicted octanol–water partition coefficient (Wildman–Crippen LogP) is 1.88. The Morgan fingerprint density at radius 1 is 1.29 bits per heavy atom. The Kier molecular flexibility index (Phi) is 3.83. The normalized spacial score (nSPS) is 21.4. The number of halogens is 1. The average Bonchev–Trinajstić information content (AvgIpc) is 3.18. The van der Waals surface area contributed by atoms with Crippen LogP contribution >= 0.6 is 0 Å². The van der Waals surface area contributed by atoms with Crippen molar-refractivity contribution < 1.29 is 9.18 Å². The largest absolute Gasteiger partial charge is 0.368 e. The first kappa shape index (κ1) is 17.1. The molecule has 2 aliphatic heterocycles. The van der Waals surface area contributed by atoms with Crippen molar-refractivity contribution >= 4 is 17.2 Å². The maximum atomic E-state index is 15.2. The Hall–Kier alpha value is -3.00. The van der Waals surface area contributed by atoms with Gasteiger partial charge in [-0.1, -0.05) is 0 Å². The van der Waals surface area contributed by atoms with E-state index in [0.29, 0.717) is 34.7 Å². The number of aryl methyl sites for hydroxylation is 1. The number of nitrogens with two attached hydrogens (primary N) is 1. The van der Waals surface area contributed by atoms with Crippen molar-refractivity contribution in [3.05, 3.63) is 47.8 Å². The number of carbonyl (C=O) groups excluding carboxylic acids is 1. The number of hydrogen-bond donors (Lipinski definition) is 2. The molecular formula is C20H21FN6O. The molecule has 1 aromatic carbocycles. The van der Waals surface area contributed by atoms with Crippen LogP contribution in [-0.4, -0.2) is 45.4 Å². The number of anilines is 1. The molecule has 5 rings (SSSR count). The van der Waals surface area contributed by atoms with Crippen LogP contribution in [0.2, 0.25) is 0 Å². The molecule has 2 atom stereocenters. The molecule has 2 saturated heterocycles. The first-order chi connectivity index (χ1) is 13.5. The van der Waals surface area contributed by atoms with Crippen LogP contribution in [0.5, 0.6) is 0 Å². The van der Waals surface area contributed by atoms with Gasteiger partial charge in [0.15, 0.2) is 5.65 Å². The second kappa shape index (κ2) is 6.27. The van der Waals surface area contributed by atoms with E-state index in [1.165, 1.54) is 25.2 Å². The second-order valence-electron chi connectivity index (χ2n) is 7.62. The number of nitrogens with one attached hydrogen (secondary N) is 1. The Morgan fingerprint density at radius 3 is 2.71 bits per heavy atom. The molecule has 0 radical (unpaired) electrons. The number of amides is 1. The third-order valence-electron chi connectivity index (χ3n) is 5.73. The van der Waals surface area contributed by atoms with Crippen molar-refractivity contribution in [3.63, 3.8) is 0 Å². The van der Waals surface area contributed by atoms with E-state index in [9.17, 15) is 4.79 Å². The molecule has 1 amide bonds. The fourth-order valence-corrected chi connectivity index (χ4v) is 4.42. The van der Waals surface area contributed by atoms with E-state index in [4.69, 9.17) is 5.73 Å². The Bertz CT molecular complexity index is 1080. The number of imidazole rings is 1. The molecule has 0 aliphatic carbocycles. The molecular weight excluding hydrogens is 359 g/mol. The lowest BCUT2D eigenvalue weighted by molar-refractivity contribution is 0.0995. The number of hydrogen-bond acceptors (Lipinski definition) is 5. The smallest absolute Gasteiger partial charge is 0.268 e. The summed E-state index contributed by atoms with van der Waals surface area (Å²) in [7, 11) is 0. The van der Waals surface area contributed by atoms with Crippen molar-refractivity contribution in [2.24, 2.45) is 5.73 Å². The number of fused-ring (bicyclic) bond motifs is 3. The molecule has 0 spiro atoms. The van der Waals surface area contributed by atoms with Crippen LogP contribution in [0.25, 0.3) is 16.9 Å². The molecule has 2 aromatic heterocycles. The topological polar surface area (TPSA) is 88.5 Å². The third-order valence-corrected chi connectivity index (χ3v) is 5.73. The first-order valence-electron chi connectivity index (χ1n) is 9.45. The number of carbonyl (C=O) groups is 1. The fraction of sp³-hybridized carbons (Fsp3) is 0.350. The van der Waals surface area contributed by atoms with Crippen LogP contribution in [0.3, 0.4) is 0 Å². The molecule has 0 unspecified atom stereocenters. The summed E-state index contributed by atoms with van der Waals surface area (Å²) in [5.74, 6) is -0.950. The van der Waals surface area contributed by atoms with Gasteiger partial charge in [0.25, 0.3) is 5.91 Å². The third kappa shape index (κ3) is 2.72. The number of rotatable bonds is 3. The minimum absolute atomic E-state index is 0.111. The van der Waals surface area contributed by atoms with Crippen molar-refractivity contribution in [1.29, 1.82) is 0 Å². The van der Waals surface area contributed by atoms with Gasteiger partial charge >= 0.3 is 0 Å². The van der Waals surface area contributed by atoms with E-state index in [0.717, 1.165) is 18.8 Å². The van der Waals surface area contributed by atoms with Crippen LogP contribution in [0.4, 0.5) is 10.1 Å². The molecule has 0 saturated carbocycles. The number of nitrogens with zero attached hydrogens (tertiary/aromatic N) is 4. The van der Waals surface area contributed by atoms with Crippen LogP contribution < -0.4 is 16.0 Å². The highest BCUT2D eigenvalue weighted by Gasteiger charge is 2.32. The van der Waals surface area contributed by atoms with Crippen molar-refractivity contribution in [2.75, 3.05) is 18.0 Å². The standard InChI is InChI=1S/C20H21FN6O/c1-11-19(27-10-17(20(22)28)23-7-18(27)24-11)15-5-4-14(6-16(15)21)26-8-12-2-3-13(9-26)25-12/h4-7,10,12-13,25H,2-3,8-9H2,1H3,(H2,22,28)/t12-,13+. The van der Waals surface area contributed by atoms with Gasteiger partial charge in [0, 0.05) is 42.6 Å². The van der Waals surface area contributed by atoms with Gasteiger partial charge in [-0.25, -0.2) is 14.4 Å². The molecule has 3 aromatic rings. The summed E-state index contributed by atoms with van der Waals surface area (Å²) in [5, 5.41) is 3.59. The highest BCUT2D eigenvalue weighted by atomic mass is 19.1. The Labute approximate surface area is 161 Å². The first-order valence-corrected chi connectivity index (χ1v) is 9.45. The summed E-state index contributed by atoms with van der Waals surface area (Å²) in [5.41, 5.74) is 8.59. The monoisotopic (exact) mass is 380 g/mol. The van der Waals surface area contributed by atoms with Gasteiger partial charge < -0.3 is 16.0 Å². The van der Waals surface area contributed by atoms with E-state index >= 15 is 4.39 Å². The summed E-state index contributed by atoms with van der Waals surface area (Å²) >= 11 is 0. The zero-order valence-electron chi connectivity index (χ0n) is 15.5. The van der Waals surface area contributed by atoms with E-state index < -0.39 is 5.91 Å². The Morgan fingerprint density at radius 2 is 2.04 bits per heavy atom. The summed E-state index contributed by atoms with van der Waals surface area (Å²) < 4.78 is 16.8. The number of primary amides is 1. The van der Waals surface area contributed by atoms with Gasteiger partial charge in [-0.15, -0.1) is 0 Å². The summed E-state index contributed by atoms with van der Waals surface area (Å²) in [6, 6.07) is 6.31. The highest BCUT2D eigenvalue weighted by Crippen LogP contribution is 2.32. The lowest BCUT2D eigenvalue weighted by atomic mass is 10.1. The van der Waals surface area contributed by atoms with Gasteiger partial charge in [0.05, 0.1) is 17.6 Å². The van der Waals surface area contributed by atoms with Crippen LogP contribution in [0, 0.1) is 12.7 Å². The summed E-state index contributed by atoms with van der Waals surface area (Å²) in [4.78, 5) is 22.2. The molecule has 3 N–H and O–H groups in total. The molecule has 7 nitrogen and oxygen atoms in total. The van der Waals surface area contributed by atoms with Gasteiger partial charge in [0.2, 0.25) is 0 Å². The van der Waals surface area contributed by atoms with Crippen LogP contribution in [-0.2, 0) is 0 Å². The van der Waals surface area contributed by atoms with E-state index in [1.54, 1.807) is 16.5 Å². The van der Waals surface area contributed by atoms with E-state index in [-0.39, 0.29) is 11.5 Å². The predicted molar refractivity (Wildman–Crippen MR) is 104 cm³/mol. The van der Waals surface area contributed by atoms with Gasteiger partial charge in [-0.2, -0.15) is 0 Å². The number of aromatic nitrogens is 3. The highest BCUT2D eigenvalue weighted by molar-refractivity contribution is 5.90. The fourth-order valence-electron chi connectivity index (χ4n) is 4.42. The zero-order chi connectivity index (χ0) is 19.4. The minimum Gasteiger partial charge on any atom is -0.368 e. The summed E-state index contributed by atoms with van der Waals surface area (Å²) in [6.45, 7) is 3.61. The van der Waals surface area contributed by atoms with Gasteiger partial charge in [-0.3, -0.25) is 9.20 Å². The SMILES string of the molecule is Cc1nc2cnc(C(N)=O)cn2c1-c1ccc(N2C[C@H]3CC[C@@H](C2)N3)cc1F. The van der Waals surface area contributed by atoms with Gasteiger partial charge in [-0.05, 0) is 38.0 Å². The molecule has 8 heteroatoms. The maximum Gasteiger partial charge on any atom is 0.268 e. The van der Waals surface area contributed by atoms with Crippen LogP contribution in [0.15, 0.2) is 30.6 Å². The minimum atomic E-state index is -0.636. The molecule has 28 heavy (non-hydrogen) atoms. The van der Waals surface area contributed by atoms with Crippen molar-refractivity contribution in [3.8, 4) is 11.3 Å². The molecule has 4 heterocycles. The quantitative estimate of drug-likeness (QED) is 0.724. The molecule has 2 bridgehead atoms. The lowest BCUT2D eigenvalue weighted by Crippen LogP contribution is -2.51. The second-order valence-corrected chi connectivity index (χ2v) is 7.62. The number of benzene rings is 1.